The molecule has 26 heavy (non-hydrogen) atoms. The molecule has 9 nitrogen and oxygen atoms in total. The van der Waals surface area contributed by atoms with Crippen LogP contribution in [-0.2, 0) is 16.6 Å². The van der Waals surface area contributed by atoms with E-state index in [1.54, 1.807) is 21.0 Å². The zero-order chi connectivity index (χ0) is 18.3. The maximum atomic E-state index is 11.7. The molecule has 0 aromatic carbocycles. The number of hydrogen-bond acceptors (Lipinski definition) is 5. The summed E-state index contributed by atoms with van der Waals surface area (Å²) in [6.45, 7) is 3.21. The van der Waals surface area contributed by atoms with Gasteiger partial charge in [0.1, 0.15) is 0 Å². The summed E-state index contributed by atoms with van der Waals surface area (Å²) < 4.78 is 26.6. The highest BCUT2D eigenvalue weighted by atomic mass is 127. The van der Waals surface area contributed by atoms with Crippen LogP contribution in [0.1, 0.15) is 19.2 Å². The fraction of sp³-hybridized carbons (Fsp3) is 0.533. The van der Waals surface area contributed by atoms with Gasteiger partial charge < -0.3 is 10.6 Å². The van der Waals surface area contributed by atoms with Crippen LogP contribution in [0, 0.1) is 0 Å². The number of guanidine groups is 1. The summed E-state index contributed by atoms with van der Waals surface area (Å²) in [7, 11) is 0.162. The number of nitrogens with zero attached hydrogens (tertiary/aromatic N) is 5. The molecular formula is C15H26IN7O2S. The van der Waals surface area contributed by atoms with Crippen LogP contribution in [-0.4, -0.2) is 66.2 Å². The largest absolute Gasteiger partial charge is 0.356 e. The summed E-state index contributed by atoms with van der Waals surface area (Å²) in [4.78, 5) is 4.15. The van der Waals surface area contributed by atoms with Crippen LogP contribution in [0.5, 0.6) is 0 Å². The van der Waals surface area contributed by atoms with Gasteiger partial charge in [0.25, 0.3) is 0 Å². The Bertz CT molecular complexity index is 822. The molecule has 0 amide bonds. The number of halogens is 1. The van der Waals surface area contributed by atoms with Gasteiger partial charge in [0.05, 0.1) is 12.3 Å². The number of fused-ring (bicyclic) bond motifs is 1. The predicted molar refractivity (Wildman–Crippen MR) is 113 cm³/mol. The lowest BCUT2D eigenvalue weighted by molar-refractivity contribution is 0.461. The van der Waals surface area contributed by atoms with Crippen molar-refractivity contribution in [2.75, 3.05) is 32.9 Å². The minimum atomic E-state index is -3.12. The van der Waals surface area contributed by atoms with Gasteiger partial charge in [0.2, 0.25) is 10.0 Å². The highest BCUT2D eigenvalue weighted by molar-refractivity contribution is 14.0. The summed E-state index contributed by atoms with van der Waals surface area (Å²) >= 11 is 0. The molecule has 0 fully saturated rings. The Hall–Kier alpha value is -1.47. The summed E-state index contributed by atoms with van der Waals surface area (Å²) in [6, 6.07) is 5.73. The van der Waals surface area contributed by atoms with Crippen molar-refractivity contribution in [3.8, 4) is 0 Å². The van der Waals surface area contributed by atoms with Gasteiger partial charge in [-0.05, 0) is 25.5 Å². The quantitative estimate of drug-likeness (QED) is 0.242. The van der Waals surface area contributed by atoms with Gasteiger partial charge in [0.15, 0.2) is 17.4 Å². The molecule has 0 radical (unpaired) electrons. The molecule has 146 valence electrons. The molecule has 2 aromatic rings. The molecule has 2 heterocycles. The van der Waals surface area contributed by atoms with Gasteiger partial charge in [0, 0.05) is 33.4 Å². The first-order valence-corrected chi connectivity index (χ1v) is 9.76. The average Bonchev–Trinajstić information content (AvgIpc) is 3.04. The Labute approximate surface area is 171 Å². The lowest BCUT2D eigenvalue weighted by Gasteiger charge is -2.16. The van der Waals surface area contributed by atoms with Gasteiger partial charge in [-0.25, -0.2) is 12.7 Å². The zero-order valence-electron chi connectivity index (χ0n) is 15.2. The van der Waals surface area contributed by atoms with E-state index in [2.05, 4.69) is 25.8 Å². The van der Waals surface area contributed by atoms with Crippen LogP contribution in [0.2, 0.25) is 0 Å². The van der Waals surface area contributed by atoms with Crippen molar-refractivity contribution >= 4 is 45.6 Å². The fourth-order valence-electron chi connectivity index (χ4n) is 2.26. The van der Waals surface area contributed by atoms with Crippen LogP contribution in [0.25, 0.3) is 5.65 Å². The molecule has 0 bridgehead atoms. The molecule has 0 aliphatic rings. The van der Waals surface area contributed by atoms with E-state index in [-0.39, 0.29) is 29.7 Å². The number of aliphatic imine (C=N–C) groups is 1. The molecule has 2 rings (SSSR count). The van der Waals surface area contributed by atoms with Gasteiger partial charge in [-0.1, -0.05) is 6.07 Å². The van der Waals surface area contributed by atoms with Crippen LogP contribution < -0.4 is 10.6 Å². The highest BCUT2D eigenvalue weighted by Crippen LogP contribution is 2.02. The molecule has 0 saturated carbocycles. The zero-order valence-corrected chi connectivity index (χ0v) is 18.4. The lowest BCUT2D eigenvalue weighted by Crippen LogP contribution is -2.39. The second kappa shape index (κ2) is 10.6. The first-order valence-electron chi connectivity index (χ1n) is 8.15. The standard InChI is InChI=1S/C15H25N7O2S.HI/c1-4-25(23,24)21(3)10-7-9-17-15(16-2)18-12-14-20-19-13-8-5-6-11-22(13)14;/h5-6,8,11H,4,7,9-10,12H2,1-3H3,(H2,16,17,18);1H. The smallest absolute Gasteiger partial charge is 0.213 e. The van der Waals surface area contributed by atoms with Gasteiger partial charge >= 0.3 is 0 Å². The van der Waals surface area contributed by atoms with E-state index in [0.29, 0.717) is 32.0 Å². The highest BCUT2D eigenvalue weighted by Gasteiger charge is 2.14. The van der Waals surface area contributed by atoms with E-state index in [9.17, 15) is 8.42 Å². The van der Waals surface area contributed by atoms with Crippen LogP contribution >= 0.6 is 24.0 Å². The van der Waals surface area contributed by atoms with Crippen molar-refractivity contribution in [1.29, 1.82) is 0 Å². The maximum absolute atomic E-state index is 11.7. The second-order valence-electron chi connectivity index (χ2n) is 5.47. The minimum absolute atomic E-state index is 0. The molecule has 0 unspecified atom stereocenters. The van der Waals surface area contributed by atoms with E-state index in [0.717, 1.165) is 11.5 Å². The van der Waals surface area contributed by atoms with Crippen LogP contribution in [0.15, 0.2) is 29.4 Å². The summed E-state index contributed by atoms with van der Waals surface area (Å²) in [5.41, 5.74) is 0.794. The molecule has 2 N–H and O–H groups in total. The molecule has 2 aromatic heterocycles. The van der Waals surface area contributed by atoms with Crippen molar-refractivity contribution < 1.29 is 8.42 Å². The van der Waals surface area contributed by atoms with Crippen LogP contribution in [0.3, 0.4) is 0 Å². The normalized spacial score (nSPS) is 12.2. The van der Waals surface area contributed by atoms with Gasteiger partial charge in [-0.3, -0.25) is 9.39 Å². The van der Waals surface area contributed by atoms with E-state index in [4.69, 9.17) is 0 Å². The van der Waals surface area contributed by atoms with E-state index in [1.165, 1.54) is 4.31 Å². The van der Waals surface area contributed by atoms with E-state index in [1.807, 2.05) is 28.8 Å². The molecule has 0 spiro atoms. The Morgan fingerprint density at radius 1 is 1.31 bits per heavy atom. The molecule has 0 atom stereocenters. The number of rotatable bonds is 8. The first kappa shape index (κ1) is 22.6. The third-order valence-electron chi connectivity index (χ3n) is 3.80. The maximum Gasteiger partial charge on any atom is 0.213 e. The lowest BCUT2D eigenvalue weighted by atomic mass is 10.4. The Balaban J connectivity index is 0.00000338. The molecular weight excluding hydrogens is 469 g/mol. The number of hydrogen-bond donors (Lipinski definition) is 2. The fourth-order valence-corrected chi connectivity index (χ4v) is 3.11. The second-order valence-corrected chi connectivity index (χ2v) is 7.84. The first-order chi connectivity index (χ1) is 12.0. The minimum Gasteiger partial charge on any atom is -0.356 e. The monoisotopic (exact) mass is 495 g/mol. The third kappa shape index (κ3) is 6.06. The number of sulfonamides is 1. The van der Waals surface area contributed by atoms with E-state index >= 15 is 0 Å². The van der Waals surface area contributed by atoms with Crippen molar-refractivity contribution in [3.05, 3.63) is 30.2 Å². The van der Waals surface area contributed by atoms with Crippen molar-refractivity contribution in [3.63, 3.8) is 0 Å². The molecule has 11 heteroatoms. The Kier molecular flexibility index (Phi) is 9.22. The number of aromatic nitrogens is 3. The van der Waals surface area contributed by atoms with Gasteiger partial charge in [-0.15, -0.1) is 34.2 Å². The molecule has 0 saturated heterocycles. The predicted octanol–water partition coefficient (Wildman–Crippen LogP) is 0.684. The Morgan fingerprint density at radius 3 is 2.77 bits per heavy atom. The summed E-state index contributed by atoms with van der Waals surface area (Å²) in [5, 5.41) is 14.6. The SMILES string of the molecule is CCS(=O)(=O)N(C)CCCNC(=NC)NCc1nnc2ccccn12.I. The van der Waals surface area contributed by atoms with Crippen molar-refractivity contribution in [1.82, 2.24) is 29.5 Å². The topological polar surface area (TPSA) is 104 Å². The molecule has 0 aliphatic heterocycles. The van der Waals surface area contributed by atoms with Crippen LogP contribution in [0.4, 0.5) is 0 Å². The van der Waals surface area contributed by atoms with Gasteiger partial charge in [-0.2, -0.15) is 0 Å². The number of nitrogens with one attached hydrogen (secondary N) is 2. The van der Waals surface area contributed by atoms with Crippen molar-refractivity contribution in [2.45, 2.75) is 19.9 Å². The summed E-state index contributed by atoms with van der Waals surface area (Å²) in [5.74, 6) is 1.54. The van der Waals surface area contributed by atoms with Crippen molar-refractivity contribution in [2.24, 2.45) is 4.99 Å². The van der Waals surface area contributed by atoms with E-state index < -0.39 is 10.0 Å². The Morgan fingerprint density at radius 2 is 2.08 bits per heavy atom. The molecule has 0 aliphatic carbocycles. The average molecular weight is 495 g/mol. The number of pyridine rings is 1. The third-order valence-corrected chi connectivity index (χ3v) is 5.67. The summed E-state index contributed by atoms with van der Waals surface area (Å²) in [6.07, 6.45) is 2.59.